The zero-order valence-corrected chi connectivity index (χ0v) is 12.2. The summed E-state index contributed by atoms with van der Waals surface area (Å²) in [7, 11) is 0. The van der Waals surface area contributed by atoms with Crippen molar-refractivity contribution in [2.75, 3.05) is 4.90 Å². The minimum absolute atomic E-state index is 0.227. The third kappa shape index (κ3) is 1.40. The van der Waals surface area contributed by atoms with Crippen molar-refractivity contribution in [2.45, 2.75) is 25.0 Å². The first-order valence-electron chi connectivity index (χ1n) is 7.18. The smallest absolute Gasteiger partial charge is 0.241 e. The molecular formula is C17H14N2O3. The van der Waals surface area contributed by atoms with Gasteiger partial charge in [-0.3, -0.25) is 9.59 Å². The molecule has 0 N–H and O–H groups in total. The first-order valence-corrected chi connectivity index (χ1v) is 7.18. The van der Waals surface area contributed by atoms with Gasteiger partial charge in [0.25, 0.3) is 0 Å². The molecule has 110 valence electrons. The molecule has 2 fully saturated rings. The van der Waals surface area contributed by atoms with Gasteiger partial charge in [-0.2, -0.15) is 5.26 Å². The number of rotatable bonds is 1. The van der Waals surface area contributed by atoms with E-state index in [-0.39, 0.29) is 11.8 Å². The van der Waals surface area contributed by atoms with Gasteiger partial charge in [0.15, 0.2) is 0 Å². The zero-order valence-electron chi connectivity index (χ0n) is 12.2. The molecule has 3 heterocycles. The van der Waals surface area contributed by atoms with Crippen LogP contribution < -0.4 is 4.90 Å². The number of anilines is 1. The van der Waals surface area contributed by atoms with Crippen molar-refractivity contribution in [1.82, 2.24) is 0 Å². The highest BCUT2D eigenvalue weighted by atomic mass is 16.5. The van der Waals surface area contributed by atoms with Gasteiger partial charge in [0, 0.05) is 0 Å². The lowest BCUT2D eigenvalue weighted by atomic mass is 9.73. The van der Waals surface area contributed by atoms with Gasteiger partial charge in [0.05, 0.1) is 40.4 Å². The van der Waals surface area contributed by atoms with Crippen LogP contribution in [-0.2, 0) is 14.3 Å². The maximum atomic E-state index is 12.8. The first-order chi connectivity index (χ1) is 10.4. The molecule has 0 aliphatic carbocycles. The molecule has 0 aromatic heterocycles. The Morgan fingerprint density at radius 1 is 1.05 bits per heavy atom. The van der Waals surface area contributed by atoms with E-state index in [4.69, 9.17) is 10.00 Å². The molecule has 2 amide bonds. The van der Waals surface area contributed by atoms with Gasteiger partial charge in [-0.05, 0) is 38.1 Å². The van der Waals surface area contributed by atoms with E-state index in [0.717, 1.165) is 0 Å². The number of benzene rings is 1. The van der Waals surface area contributed by atoms with Crippen LogP contribution in [0.3, 0.4) is 0 Å². The summed E-state index contributed by atoms with van der Waals surface area (Å²) >= 11 is 0. The lowest BCUT2D eigenvalue weighted by Crippen LogP contribution is -2.39. The third-order valence-electron chi connectivity index (χ3n) is 4.98. The van der Waals surface area contributed by atoms with Gasteiger partial charge in [-0.25, -0.2) is 4.90 Å². The lowest BCUT2D eigenvalue weighted by Gasteiger charge is -2.25. The Labute approximate surface area is 127 Å². The van der Waals surface area contributed by atoms with Crippen molar-refractivity contribution < 1.29 is 14.3 Å². The normalized spacial score (nSPS) is 38.5. The van der Waals surface area contributed by atoms with E-state index in [1.54, 1.807) is 24.3 Å². The van der Waals surface area contributed by atoms with Gasteiger partial charge in [0.1, 0.15) is 0 Å². The third-order valence-corrected chi connectivity index (χ3v) is 4.98. The Hall–Kier alpha value is -2.45. The summed E-state index contributed by atoms with van der Waals surface area (Å²) in [5.41, 5.74) is -0.428. The Morgan fingerprint density at radius 3 is 2.00 bits per heavy atom. The van der Waals surface area contributed by atoms with Crippen LogP contribution in [0.4, 0.5) is 5.69 Å². The fourth-order valence-electron chi connectivity index (χ4n) is 3.97. The summed E-state index contributed by atoms with van der Waals surface area (Å²) in [6.45, 7) is 3.71. The van der Waals surface area contributed by atoms with E-state index in [0.29, 0.717) is 11.3 Å². The fourth-order valence-corrected chi connectivity index (χ4v) is 3.97. The van der Waals surface area contributed by atoms with Crippen LogP contribution in [-0.4, -0.2) is 23.0 Å². The molecule has 4 atom stereocenters. The predicted molar refractivity (Wildman–Crippen MR) is 77.7 cm³/mol. The van der Waals surface area contributed by atoms with Crippen LogP contribution >= 0.6 is 0 Å². The van der Waals surface area contributed by atoms with Gasteiger partial charge in [-0.1, -0.05) is 12.2 Å². The molecule has 0 unspecified atom stereocenters. The number of hydrogen-bond donors (Lipinski definition) is 0. The number of nitriles is 1. The Kier molecular flexibility index (Phi) is 2.31. The van der Waals surface area contributed by atoms with E-state index in [9.17, 15) is 9.59 Å². The number of fused-ring (bicyclic) bond motifs is 5. The molecule has 0 spiro atoms. The Morgan fingerprint density at radius 2 is 1.55 bits per heavy atom. The molecule has 1 aromatic rings. The minimum atomic E-state index is -0.715. The van der Waals surface area contributed by atoms with Crippen molar-refractivity contribution in [3.8, 4) is 6.07 Å². The molecule has 4 rings (SSSR count). The SMILES string of the molecule is C[C@@]12C=C[C@](C)(O1)[C@H]1C(=O)N(c3ccc(C#N)cc3)C(=O)[C@@H]12. The molecule has 5 heteroatoms. The fraction of sp³-hybridized carbons (Fsp3) is 0.353. The van der Waals surface area contributed by atoms with E-state index in [1.807, 2.05) is 32.1 Å². The van der Waals surface area contributed by atoms with Crippen molar-refractivity contribution in [1.29, 1.82) is 5.26 Å². The van der Waals surface area contributed by atoms with Crippen LogP contribution in [0, 0.1) is 23.2 Å². The number of amides is 2. The van der Waals surface area contributed by atoms with Crippen LogP contribution in [0.1, 0.15) is 19.4 Å². The Balaban J connectivity index is 1.78. The van der Waals surface area contributed by atoms with Crippen LogP contribution in [0.15, 0.2) is 36.4 Å². The van der Waals surface area contributed by atoms with Crippen LogP contribution in [0.2, 0.25) is 0 Å². The molecular weight excluding hydrogens is 280 g/mol. The number of hydrogen-bond acceptors (Lipinski definition) is 4. The van der Waals surface area contributed by atoms with E-state index >= 15 is 0 Å². The minimum Gasteiger partial charge on any atom is -0.359 e. The topological polar surface area (TPSA) is 70.4 Å². The van der Waals surface area contributed by atoms with Gasteiger partial charge >= 0.3 is 0 Å². The summed E-state index contributed by atoms with van der Waals surface area (Å²) in [4.78, 5) is 26.9. The molecule has 5 nitrogen and oxygen atoms in total. The summed E-state index contributed by atoms with van der Waals surface area (Å²) in [5, 5.41) is 8.85. The molecule has 3 aliphatic heterocycles. The largest absolute Gasteiger partial charge is 0.359 e. The maximum absolute atomic E-state index is 12.8. The van der Waals surface area contributed by atoms with Crippen molar-refractivity contribution >= 4 is 17.5 Å². The monoisotopic (exact) mass is 294 g/mol. The molecule has 2 saturated heterocycles. The summed E-state index contributed by atoms with van der Waals surface area (Å²) < 4.78 is 5.95. The number of nitrogens with zero attached hydrogens (tertiary/aromatic N) is 2. The van der Waals surface area contributed by atoms with Crippen molar-refractivity contribution in [3.05, 3.63) is 42.0 Å². The predicted octanol–water partition coefficient (Wildman–Crippen LogP) is 1.78. The van der Waals surface area contributed by atoms with Crippen LogP contribution in [0.25, 0.3) is 0 Å². The van der Waals surface area contributed by atoms with Gasteiger partial charge < -0.3 is 4.74 Å². The first kappa shape index (κ1) is 13.2. The average Bonchev–Trinajstić information content (AvgIpc) is 3.04. The molecule has 3 aliphatic rings. The number of ether oxygens (including phenoxy) is 1. The number of imide groups is 1. The van der Waals surface area contributed by atoms with Gasteiger partial charge in [-0.15, -0.1) is 0 Å². The summed E-state index contributed by atoms with van der Waals surface area (Å²) in [5.74, 6) is -1.41. The lowest BCUT2D eigenvalue weighted by molar-refractivity contribution is -0.128. The second kappa shape index (κ2) is 3.84. The standard InChI is InChI=1S/C17H14N2O3/c1-16-7-8-17(2,22-16)13-12(16)14(20)19(15(13)21)11-5-3-10(9-18)4-6-11/h3-8,12-13H,1-2H3/t12-,13-,16+,17+/m1/s1. The quantitative estimate of drug-likeness (QED) is 0.585. The zero-order chi connectivity index (χ0) is 15.7. The van der Waals surface area contributed by atoms with Crippen molar-refractivity contribution in [3.63, 3.8) is 0 Å². The molecule has 0 radical (unpaired) electrons. The molecule has 1 aromatic carbocycles. The second-order valence-corrected chi connectivity index (χ2v) is 6.43. The van der Waals surface area contributed by atoms with E-state index in [2.05, 4.69) is 0 Å². The summed E-state index contributed by atoms with van der Waals surface area (Å²) in [6, 6.07) is 8.51. The highest BCUT2D eigenvalue weighted by Crippen LogP contribution is 2.57. The number of carbonyl (C=O) groups excluding carboxylic acids is 2. The van der Waals surface area contributed by atoms with Crippen molar-refractivity contribution in [2.24, 2.45) is 11.8 Å². The Bertz CT molecular complexity index is 740. The molecule has 2 bridgehead atoms. The summed E-state index contributed by atoms with van der Waals surface area (Å²) in [6.07, 6.45) is 3.78. The number of carbonyl (C=O) groups is 2. The highest BCUT2D eigenvalue weighted by Gasteiger charge is 2.70. The van der Waals surface area contributed by atoms with E-state index in [1.165, 1.54) is 4.90 Å². The maximum Gasteiger partial charge on any atom is 0.241 e. The second-order valence-electron chi connectivity index (χ2n) is 6.43. The van der Waals surface area contributed by atoms with Gasteiger partial charge in [0.2, 0.25) is 11.8 Å². The molecule has 0 saturated carbocycles. The van der Waals surface area contributed by atoms with E-state index < -0.39 is 23.0 Å². The molecule has 22 heavy (non-hydrogen) atoms. The highest BCUT2D eigenvalue weighted by molar-refractivity contribution is 6.23. The average molecular weight is 294 g/mol. The van der Waals surface area contributed by atoms with Crippen LogP contribution in [0.5, 0.6) is 0 Å².